The van der Waals surface area contributed by atoms with Crippen molar-refractivity contribution in [2.45, 2.75) is 51.2 Å². The highest BCUT2D eigenvalue weighted by Gasteiger charge is 2.30. The van der Waals surface area contributed by atoms with E-state index in [0.717, 1.165) is 32.0 Å². The van der Waals surface area contributed by atoms with Crippen LogP contribution < -0.4 is 5.32 Å². The van der Waals surface area contributed by atoms with Crippen molar-refractivity contribution in [1.82, 2.24) is 10.2 Å². The van der Waals surface area contributed by atoms with Crippen molar-refractivity contribution in [3.8, 4) is 0 Å². The molecule has 0 aromatic rings. The number of nitrogens with zero attached hydrogens (tertiary/aromatic N) is 1. The molecule has 1 saturated carbocycles. The maximum atomic E-state index is 10.7. The van der Waals surface area contributed by atoms with Crippen LogP contribution in [-0.4, -0.2) is 59.4 Å². The van der Waals surface area contributed by atoms with E-state index < -0.39 is 5.97 Å². The second-order valence-electron chi connectivity index (χ2n) is 6.54. The molecular formula is C15H28N2O3. The van der Waals surface area contributed by atoms with Gasteiger partial charge >= 0.3 is 5.97 Å². The summed E-state index contributed by atoms with van der Waals surface area (Å²) in [6.45, 7) is 5.22. The van der Waals surface area contributed by atoms with E-state index in [1.54, 1.807) is 0 Å². The largest absolute Gasteiger partial charge is 0.481 e. The summed E-state index contributed by atoms with van der Waals surface area (Å²) in [5.41, 5.74) is 0. The van der Waals surface area contributed by atoms with Crippen LogP contribution in [0.15, 0.2) is 0 Å². The molecular weight excluding hydrogens is 256 g/mol. The average molecular weight is 284 g/mol. The van der Waals surface area contributed by atoms with Crippen LogP contribution in [0, 0.1) is 11.8 Å². The molecule has 5 heteroatoms. The average Bonchev–Trinajstić information content (AvgIpc) is 2.34. The second kappa shape index (κ2) is 7.38. The number of piperidine rings is 1. The molecule has 20 heavy (non-hydrogen) atoms. The topological polar surface area (TPSA) is 72.8 Å². The summed E-state index contributed by atoms with van der Waals surface area (Å²) in [6.07, 6.45) is 4.88. The molecule has 0 aromatic carbocycles. The minimum Gasteiger partial charge on any atom is -0.481 e. The van der Waals surface area contributed by atoms with Crippen molar-refractivity contribution < 1.29 is 15.0 Å². The number of aliphatic hydroxyl groups excluding tert-OH is 1. The summed E-state index contributed by atoms with van der Waals surface area (Å²) in [5.74, 6) is 0.328. The second-order valence-corrected chi connectivity index (χ2v) is 6.54. The number of carboxylic acid groups (broad SMARTS) is 1. The summed E-state index contributed by atoms with van der Waals surface area (Å²) in [5, 5.41) is 22.3. The third kappa shape index (κ3) is 4.72. The summed E-state index contributed by atoms with van der Waals surface area (Å²) in [7, 11) is 0. The first kappa shape index (κ1) is 15.7. The lowest BCUT2D eigenvalue weighted by molar-refractivity contribution is -0.137. The Morgan fingerprint density at radius 1 is 1.40 bits per heavy atom. The number of rotatable bonds is 7. The van der Waals surface area contributed by atoms with Crippen molar-refractivity contribution in [1.29, 1.82) is 0 Å². The third-order valence-corrected chi connectivity index (χ3v) is 4.80. The predicted molar refractivity (Wildman–Crippen MR) is 77.6 cm³/mol. The van der Waals surface area contributed by atoms with Crippen LogP contribution in [0.3, 0.4) is 0 Å². The number of hydrogen-bond donors (Lipinski definition) is 3. The minimum absolute atomic E-state index is 0.182. The maximum Gasteiger partial charge on any atom is 0.304 e. The molecule has 2 fully saturated rings. The molecule has 2 rings (SSSR count). The Balaban J connectivity index is 1.80. The molecule has 0 aromatic heterocycles. The number of carboxylic acids is 1. The van der Waals surface area contributed by atoms with Crippen LogP contribution >= 0.6 is 0 Å². The van der Waals surface area contributed by atoms with E-state index in [0.29, 0.717) is 12.6 Å². The molecule has 3 N–H and O–H groups in total. The van der Waals surface area contributed by atoms with Gasteiger partial charge in [0.05, 0.1) is 12.5 Å². The van der Waals surface area contributed by atoms with Crippen LogP contribution in [0.4, 0.5) is 0 Å². The number of carbonyl (C=O) groups is 1. The zero-order chi connectivity index (χ0) is 14.5. The normalized spacial score (nSPS) is 29.9. The van der Waals surface area contributed by atoms with E-state index in [2.05, 4.69) is 10.2 Å². The van der Waals surface area contributed by atoms with Gasteiger partial charge in [-0.3, -0.25) is 4.79 Å². The van der Waals surface area contributed by atoms with Crippen LogP contribution in [0.5, 0.6) is 0 Å². The number of likely N-dealkylation sites (tertiary alicyclic amines) is 1. The predicted octanol–water partition coefficient (Wildman–Crippen LogP) is 0.922. The van der Waals surface area contributed by atoms with E-state index in [9.17, 15) is 9.90 Å². The molecule has 0 radical (unpaired) electrons. The summed E-state index contributed by atoms with van der Waals surface area (Å²) in [4.78, 5) is 12.9. The Hall–Kier alpha value is -0.650. The van der Waals surface area contributed by atoms with Crippen LogP contribution in [-0.2, 0) is 4.79 Å². The fourth-order valence-electron chi connectivity index (χ4n) is 3.20. The summed E-state index contributed by atoms with van der Waals surface area (Å²) < 4.78 is 0. The van der Waals surface area contributed by atoms with Gasteiger partial charge in [-0.15, -0.1) is 0 Å². The highest BCUT2D eigenvalue weighted by atomic mass is 16.4. The monoisotopic (exact) mass is 284 g/mol. The fourth-order valence-corrected chi connectivity index (χ4v) is 3.20. The van der Waals surface area contributed by atoms with Crippen molar-refractivity contribution in [3.63, 3.8) is 0 Å². The number of aliphatic carboxylic acids is 1. The van der Waals surface area contributed by atoms with Crippen molar-refractivity contribution in [3.05, 3.63) is 0 Å². The Labute approximate surface area is 121 Å². The molecule has 0 bridgehead atoms. The molecule has 2 aliphatic rings. The molecule has 1 heterocycles. The molecule has 0 spiro atoms. The SMILES string of the molecule is CC(O)C1CC(NCC2CCC2)CN(CCC(=O)O)C1. The molecule has 116 valence electrons. The lowest BCUT2D eigenvalue weighted by atomic mass is 9.84. The van der Waals surface area contributed by atoms with Gasteiger partial charge in [0.1, 0.15) is 0 Å². The maximum absolute atomic E-state index is 10.7. The van der Waals surface area contributed by atoms with Crippen molar-refractivity contribution >= 4 is 5.97 Å². The Kier molecular flexibility index (Phi) is 5.81. The minimum atomic E-state index is -0.747. The van der Waals surface area contributed by atoms with Gasteiger partial charge in [0.25, 0.3) is 0 Å². The van der Waals surface area contributed by atoms with E-state index in [1.807, 2.05) is 6.92 Å². The first-order chi connectivity index (χ1) is 9.54. The Morgan fingerprint density at radius 2 is 2.15 bits per heavy atom. The first-order valence-electron chi connectivity index (χ1n) is 7.90. The standard InChI is InChI=1S/C15H28N2O3/c1-11(18)13-7-14(16-8-12-3-2-4-12)10-17(9-13)6-5-15(19)20/h11-14,16,18H,2-10H2,1H3,(H,19,20). The molecule has 0 amide bonds. The summed E-state index contributed by atoms with van der Waals surface area (Å²) >= 11 is 0. The van der Waals surface area contributed by atoms with E-state index in [4.69, 9.17) is 5.11 Å². The molecule has 3 unspecified atom stereocenters. The zero-order valence-corrected chi connectivity index (χ0v) is 12.4. The van der Waals surface area contributed by atoms with Gasteiger partial charge in [0.15, 0.2) is 0 Å². The summed E-state index contributed by atoms with van der Waals surface area (Å²) in [6, 6.07) is 0.387. The van der Waals surface area contributed by atoms with Crippen LogP contribution in [0.1, 0.15) is 39.0 Å². The molecule has 3 atom stereocenters. The molecule has 5 nitrogen and oxygen atoms in total. The smallest absolute Gasteiger partial charge is 0.304 e. The first-order valence-corrected chi connectivity index (χ1v) is 7.90. The van der Waals surface area contributed by atoms with Gasteiger partial charge in [-0.2, -0.15) is 0 Å². The zero-order valence-electron chi connectivity index (χ0n) is 12.4. The number of nitrogens with one attached hydrogen (secondary N) is 1. The Morgan fingerprint density at radius 3 is 2.70 bits per heavy atom. The van der Waals surface area contributed by atoms with E-state index >= 15 is 0 Å². The van der Waals surface area contributed by atoms with Crippen LogP contribution in [0.25, 0.3) is 0 Å². The van der Waals surface area contributed by atoms with E-state index in [-0.39, 0.29) is 18.4 Å². The molecule has 1 aliphatic heterocycles. The quantitative estimate of drug-likeness (QED) is 0.648. The van der Waals surface area contributed by atoms with E-state index in [1.165, 1.54) is 19.3 Å². The van der Waals surface area contributed by atoms with Crippen molar-refractivity contribution in [2.24, 2.45) is 11.8 Å². The van der Waals surface area contributed by atoms with Gasteiger partial charge in [-0.1, -0.05) is 6.42 Å². The van der Waals surface area contributed by atoms with Crippen molar-refractivity contribution in [2.75, 3.05) is 26.2 Å². The molecule has 1 aliphatic carbocycles. The highest BCUT2D eigenvalue weighted by molar-refractivity contribution is 5.66. The van der Waals surface area contributed by atoms with Gasteiger partial charge in [0, 0.05) is 25.7 Å². The van der Waals surface area contributed by atoms with Gasteiger partial charge < -0.3 is 20.4 Å². The van der Waals surface area contributed by atoms with Gasteiger partial charge in [-0.05, 0) is 44.6 Å². The highest BCUT2D eigenvalue weighted by Crippen LogP contribution is 2.26. The van der Waals surface area contributed by atoms with Crippen LogP contribution in [0.2, 0.25) is 0 Å². The number of aliphatic hydroxyl groups is 1. The number of hydrogen-bond acceptors (Lipinski definition) is 4. The Bertz CT molecular complexity index is 318. The molecule has 1 saturated heterocycles. The fraction of sp³-hybridized carbons (Fsp3) is 0.933. The lowest BCUT2D eigenvalue weighted by Crippen LogP contribution is -2.52. The van der Waals surface area contributed by atoms with Gasteiger partial charge in [-0.25, -0.2) is 0 Å². The lowest BCUT2D eigenvalue weighted by Gasteiger charge is -2.40. The third-order valence-electron chi connectivity index (χ3n) is 4.80. The van der Waals surface area contributed by atoms with Gasteiger partial charge in [0.2, 0.25) is 0 Å².